The summed E-state index contributed by atoms with van der Waals surface area (Å²) < 4.78 is 0. The predicted octanol–water partition coefficient (Wildman–Crippen LogP) is 1.54. The second-order valence-electron chi connectivity index (χ2n) is 4.52. The van der Waals surface area contributed by atoms with E-state index in [0.717, 1.165) is 5.56 Å². The van der Waals surface area contributed by atoms with Crippen molar-refractivity contribution in [1.29, 1.82) is 0 Å². The van der Waals surface area contributed by atoms with Gasteiger partial charge in [0.05, 0.1) is 23.8 Å². The van der Waals surface area contributed by atoms with Crippen LogP contribution in [0.4, 0.5) is 10.5 Å². The largest absolute Gasteiger partial charge is 0.481 e. The Kier molecular flexibility index (Phi) is 3.79. The van der Waals surface area contributed by atoms with Crippen molar-refractivity contribution < 1.29 is 14.7 Å². The van der Waals surface area contributed by atoms with E-state index in [0.29, 0.717) is 12.1 Å². The van der Waals surface area contributed by atoms with E-state index in [2.05, 4.69) is 15.6 Å². The number of hydrogen-bond donors (Lipinski definition) is 3. The number of carboxylic acid groups (broad SMARTS) is 1. The van der Waals surface area contributed by atoms with Gasteiger partial charge >= 0.3 is 12.0 Å². The van der Waals surface area contributed by atoms with Crippen LogP contribution in [-0.2, 0) is 4.79 Å². The van der Waals surface area contributed by atoms with Crippen molar-refractivity contribution in [2.24, 2.45) is 5.92 Å². The van der Waals surface area contributed by atoms with Crippen LogP contribution in [0.15, 0.2) is 30.6 Å². The fraction of sp³-hybridized carbons (Fsp3) is 0.308. The second-order valence-corrected chi connectivity index (χ2v) is 4.52. The highest BCUT2D eigenvalue weighted by Crippen LogP contribution is 2.18. The van der Waals surface area contributed by atoms with Gasteiger partial charge < -0.3 is 15.7 Å². The topological polar surface area (TPSA) is 91.3 Å². The molecule has 0 aliphatic heterocycles. The monoisotopic (exact) mass is 261 g/mol. The zero-order valence-corrected chi connectivity index (χ0v) is 10.5. The number of aliphatic carboxylic acids is 1. The van der Waals surface area contributed by atoms with Gasteiger partial charge in [0.25, 0.3) is 0 Å². The van der Waals surface area contributed by atoms with Gasteiger partial charge in [-0.3, -0.25) is 9.78 Å². The number of amides is 2. The van der Waals surface area contributed by atoms with Crippen LogP contribution in [0.2, 0.25) is 0 Å². The molecule has 2 atom stereocenters. The molecule has 1 aromatic rings. The van der Waals surface area contributed by atoms with Crippen molar-refractivity contribution in [2.45, 2.75) is 19.4 Å². The van der Waals surface area contributed by atoms with Gasteiger partial charge in [-0.15, -0.1) is 0 Å². The van der Waals surface area contributed by atoms with E-state index in [1.807, 2.05) is 6.92 Å². The van der Waals surface area contributed by atoms with Crippen molar-refractivity contribution >= 4 is 17.7 Å². The number of nitrogens with zero attached hydrogens (tertiary/aromatic N) is 1. The van der Waals surface area contributed by atoms with Gasteiger partial charge in [-0.25, -0.2) is 4.79 Å². The lowest BCUT2D eigenvalue weighted by Crippen LogP contribution is -2.36. The number of carbonyl (C=O) groups is 2. The smallest absolute Gasteiger partial charge is 0.319 e. The number of hydrogen-bond acceptors (Lipinski definition) is 3. The SMILES string of the molecule is Cc1cncc(NC(=O)NC2C=CC(C(=O)O)C2)c1. The molecule has 1 aliphatic rings. The molecule has 1 heterocycles. The van der Waals surface area contributed by atoms with Gasteiger partial charge in [0, 0.05) is 6.20 Å². The molecular weight excluding hydrogens is 246 g/mol. The maximum atomic E-state index is 11.7. The number of aryl methyl sites for hydroxylation is 1. The molecule has 3 N–H and O–H groups in total. The number of aromatic nitrogens is 1. The average molecular weight is 261 g/mol. The Morgan fingerprint density at radius 3 is 2.79 bits per heavy atom. The summed E-state index contributed by atoms with van der Waals surface area (Å²) in [4.78, 5) is 26.5. The van der Waals surface area contributed by atoms with Crippen LogP contribution in [0.5, 0.6) is 0 Å². The lowest BCUT2D eigenvalue weighted by atomic mass is 10.1. The third-order valence-corrected chi connectivity index (χ3v) is 2.85. The van der Waals surface area contributed by atoms with Gasteiger partial charge in [0.15, 0.2) is 0 Å². The summed E-state index contributed by atoms with van der Waals surface area (Å²) in [6.07, 6.45) is 6.93. The summed E-state index contributed by atoms with van der Waals surface area (Å²) in [5.74, 6) is -1.39. The van der Waals surface area contributed by atoms with Crippen LogP contribution in [-0.4, -0.2) is 28.1 Å². The van der Waals surface area contributed by atoms with Crippen molar-refractivity contribution in [3.05, 3.63) is 36.2 Å². The number of rotatable bonds is 3. The molecule has 0 bridgehead atoms. The fourth-order valence-corrected chi connectivity index (χ4v) is 1.95. The molecule has 1 aliphatic carbocycles. The molecule has 6 nitrogen and oxygen atoms in total. The minimum atomic E-state index is -0.871. The van der Waals surface area contributed by atoms with Gasteiger partial charge in [-0.1, -0.05) is 12.2 Å². The molecule has 2 unspecified atom stereocenters. The van der Waals surface area contributed by atoms with Crippen molar-refractivity contribution in [3.8, 4) is 0 Å². The van der Waals surface area contributed by atoms with E-state index in [1.165, 1.54) is 0 Å². The molecule has 0 saturated carbocycles. The van der Waals surface area contributed by atoms with E-state index >= 15 is 0 Å². The standard InChI is InChI=1S/C13H15N3O3/c1-8-4-11(7-14-6-8)16-13(19)15-10-3-2-9(5-10)12(17)18/h2-4,6-7,9-10H,5H2,1H3,(H,17,18)(H2,15,16,19). The molecular formula is C13H15N3O3. The highest BCUT2D eigenvalue weighted by Gasteiger charge is 2.25. The molecule has 6 heteroatoms. The highest BCUT2D eigenvalue weighted by molar-refractivity contribution is 5.89. The Morgan fingerprint density at radius 1 is 1.37 bits per heavy atom. The summed E-state index contributed by atoms with van der Waals surface area (Å²) >= 11 is 0. The normalized spacial score (nSPS) is 21.1. The minimum Gasteiger partial charge on any atom is -0.481 e. The van der Waals surface area contributed by atoms with E-state index in [1.54, 1.807) is 30.6 Å². The molecule has 19 heavy (non-hydrogen) atoms. The first-order valence-corrected chi connectivity index (χ1v) is 5.95. The van der Waals surface area contributed by atoms with E-state index in [-0.39, 0.29) is 12.1 Å². The molecule has 0 spiro atoms. The molecule has 2 amide bonds. The van der Waals surface area contributed by atoms with E-state index in [9.17, 15) is 9.59 Å². The Balaban J connectivity index is 1.86. The third-order valence-electron chi connectivity index (χ3n) is 2.85. The zero-order chi connectivity index (χ0) is 13.8. The fourth-order valence-electron chi connectivity index (χ4n) is 1.95. The first-order chi connectivity index (χ1) is 9.04. The van der Waals surface area contributed by atoms with Crippen LogP contribution >= 0.6 is 0 Å². The number of carbonyl (C=O) groups excluding carboxylic acids is 1. The summed E-state index contributed by atoms with van der Waals surface area (Å²) in [5, 5.41) is 14.2. The van der Waals surface area contributed by atoms with Gasteiger partial charge in [0.1, 0.15) is 0 Å². The first kappa shape index (κ1) is 13.1. The summed E-state index contributed by atoms with van der Waals surface area (Å²) in [6.45, 7) is 1.88. The third kappa shape index (κ3) is 3.54. The maximum absolute atomic E-state index is 11.7. The van der Waals surface area contributed by atoms with Gasteiger partial charge in [0.2, 0.25) is 0 Å². The highest BCUT2D eigenvalue weighted by atomic mass is 16.4. The Morgan fingerprint density at radius 2 is 2.16 bits per heavy atom. The number of nitrogens with one attached hydrogen (secondary N) is 2. The molecule has 0 radical (unpaired) electrons. The van der Waals surface area contributed by atoms with Crippen LogP contribution in [0.3, 0.4) is 0 Å². The van der Waals surface area contributed by atoms with Crippen molar-refractivity contribution in [2.75, 3.05) is 5.32 Å². The molecule has 0 aromatic carbocycles. The Labute approximate surface area is 110 Å². The number of urea groups is 1. The van der Waals surface area contributed by atoms with E-state index < -0.39 is 11.9 Å². The summed E-state index contributed by atoms with van der Waals surface area (Å²) in [6, 6.07) is 1.18. The maximum Gasteiger partial charge on any atom is 0.319 e. The number of anilines is 1. The Bertz CT molecular complexity index is 528. The van der Waals surface area contributed by atoms with Crippen LogP contribution in [0, 0.1) is 12.8 Å². The average Bonchev–Trinajstić information content (AvgIpc) is 2.77. The number of pyridine rings is 1. The van der Waals surface area contributed by atoms with Gasteiger partial charge in [-0.05, 0) is 25.0 Å². The Hall–Kier alpha value is -2.37. The lowest BCUT2D eigenvalue weighted by Gasteiger charge is -2.13. The summed E-state index contributed by atoms with van der Waals surface area (Å²) in [5.41, 5.74) is 1.55. The first-order valence-electron chi connectivity index (χ1n) is 5.95. The van der Waals surface area contributed by atoms with E-state index in [4.69, 9.17) is 5.11 Å². The van der Waals surface area contributed by atoms with Crippen molar-refractivity contribution in [3.63, 3.8) is 0 Å². The molecule has 0 fully saturated rings. The molecule has 1 aromatic heterocycles. The molecule has 2 rings (SSSR count). The molecule has 0 saturated heterocycles. The number of carboxylic acids is 1. The van der Waals surface area contributed by atoms with Crippen LogP contribution in [0.25, 0.3) is 0 Å². The minimum absolute atomic E-state index is 0.251. The quantitative estimate of drug-likeness (QED) is 0.720. The molecule has 100 valence electrons. The van der Waals surface area contributed by atoms with Gasteiger partial charge in [-0.2, -0.15) is 0 Å². The van der Waals surface area contributed by atoms with Crippen LogP contribution < -0.4 is 10.6 Å². The predicted molar refractivity (Wildman–Crippen MR) is 69.8 cm³/mol. The lowest BCUT2D eigenvalue weighted by molar-refractivity contribution is -0.140. The van der Waals surface area contributed by atoms with Crippen LogP contribution in [0.1, 0.15) is 12.0 Å². The summed E-state index contributed by atoms with van der Waals surface area (Å²) in [7, 11) is 0. The second kappa shape index (κ2) is 5.51. The van der Waals surface area contributed by atoms with Crippen molar-refractivity contribution in [1.82, 2.24) is 10.3 Å². The zero-order valence-electron chi connectivity index (χ0n) is 10.5.